The van der Waals surface area contributed by atoms with Crippen molar-refractivity contribution in [1.29, 1.82) is 0 Å². The van der Waals surface area contributed by atoms with Gasteiger partial charge in [0.1, 0.15) is 23.4 Å². The minimum absolute atomic E-state index is 0.0247. The number of phenols is 2. The molecule has 0 aliphatic carbocycles. The van der Waals surface area contributed by atoms with Gasteiger partial charge in [0.05, 0.1) is 17.9 Å². The number of fused-ring (bicyclic) bond motifs is 2. The largest absolute Gasteiger partial charge is 0.508 e. The molecule has 2 rings (SSSR count). The van der Waals surface area contributed by atoms with Crippen LogP contribution in [0.15, 0.2) is 41.5 Å². The number of methoxy groups -OCH3 is 1. The number of hydrogen-bond donors (Lipinski definition) is 4. The minimum Gasteiger partial charge on any atom is -0.508 e. The molecule has 226 valence electrons. The number of hydrogen-bond acceptors (Lipinski definition) is 8. The van der Waals surface area contributed by atoms with Crippen molar-refractivity contribution in [2.45, 2.75) is 86.0 Å². The maximum Gasteiger partial charge on any atom is 0.303 e. The van der Waals surface area contributed by atoms with E-state index in [2.05, 4.69) is 5.32 Å². The molecule has 0 unspecified atom stereocenters. The number of ether oxygens (including phenoxy) is 2. The van der Waals surface area contributed by atoms with Crippen LogP contribution in [0, 0.1) is 17.8 Å². The van der Waals surface area contributed by atoms with Gasteiger partial charge in [0.15, 0.2) is 0 Å². The quantitative estimate of drug-likeness (QED) is 0.175. The van der Waals surface area contributed by atoms with Crippen molar-refractivity contribution in [2.24, 2.45) is 17.8 Å². The number of nitrogens with one attached hydrogen (secondary N) is 1. The van der Waals surface area contributed by atoms with Crippen molar-refractivity contribution < 1.29 is 39.2 Å². The predicted octanol–water partition coefficient (Wildman–Crippen LogP) is 4.78. The summed E-state index contributed by atoms with van der Waals surface area (Å²) in [5, 5.41) is 35.9. The summed E-state index contributed by atoms with van der Waals surface area (Å²) in [6.07, 6.45) is 5.51. The Bertz CT molecular complexity index is 1210. The maximum absolute atomic E-state index is 13.0. The lowest BCUT2D eigenvalue weighted by molar-refractivity contribution is -0.146. The van der Waals surface area contributed by atoms with Gasteiger partial charge in [-0.2, -0.15) is 0 Å². The van der Waals surface area contributed by atoms with Gasteiger partial charge in [-0.25, -0.2) is 0 Å². The molecule has 2 bridgehead atoms. The molecule has 1 aromatic rings. The van der Waals surface area contributed by atoms with Gasteiger partial charge in [0, 0.05) is 55.1 Å². The number of aromatic hydroxyl groups is 2. The number of phenolic OH excluding ortho intramolecular Hbond substituents is 2. The third-order valence-electron chi connectivity index (χ3n) is 7.44. The van der Waals surface area contributed by atoms with Crippen LogP contribution in [0.25, 0.3) is 0 Å². The molecule has 0 saturated carbocycles. The summed E-state index contributed by atoms with van der Waals surface area (Å²) in [5.74, 6) is -2.29. The van der Waals surface area contributed by atoms with Crippen LogP contribution in [0.4, 0.5) is 5.69 Å². The number of Topliss-reactive ketones (excluding diaryl/α,β-unsaturated/α-hetero) is 1. The molecule has 1 heterocycles. The molecule has 0 spiro atoms. The summed E-state index contributed by atoms with van der Waals surface area (Å²) >= 11 is 0. The highest BCUT2D eigenvalue weighted by Crippen LogP contribution is 2.39. The first-order chi connectivity index (χ1) is 19.2. The SMILES string of the molecule is CO[C@H]1C[C@H](C)Cc2c(O)c(cc(O)c2CC(C)=O)NC(=O)/C(C)=C/C=C\[C@H](C)[C@@H](OC(C)=O)/C(C)=C/[C@H](C)[C@H]1O. The zero-order chi connectivity index (χ0) is 31.0. The third kappa shape index (κ3) is 9.30. The summed E-state index contributed by atoms with van der Waals surface area (Å²) < 4.78 is 11.3. The fourth-order valence-corrected chi connectivity index (χ4v) is 5.23. The van der Waals surface area contributed by atoms with E-state index in [1.807, 2.05) is 39.8 Å². The number of ketones is 1. The normalized spacial score (nSPS) is 29.8. The van der Waals surface area contributed by atoms with Crippen molar-refractivity contribution >= 4 is 23.3 Å². The lowest BCUT2D eigenvalue weighted by atomic mass is 9.86. The number of esters is 1. The molecule has 6 atom stereocenters. The van der Waals surface area contributed by atoms with Crippen LogP contribution < -0.4 is 5.32 Å². The van der Waals surface area contributed by atoms with Gasteiger partial charge in [-0.3, -0.25) is 14.4 Å². The predicted molar refractivity (Wildman–Crippen MR) is 158 cm³/mol. The molecule has 0 fully saturated rings. The first-order valence-electron chi connectivity index (χ1n) is 13.9. The van der Waals surface area contributed by atoms with E-state index in [4.69, 9.17) is 9.47 Å². The number of rotatable bonds is 4. The summed E-state index contributed by atoms with van der Waals surface area (Å²) in [5.41, 5.74) is 1.79. The molecule has 1 aromatic carbocycles. The van der Waals surface area contributed by atoms with E-state index < -0.39 is 30.2 Å². The van der Waals surface area contributed by atoms with Gasteiger partial charge in [-0.05, 0) is 45.1 Å². The fourth-order valence-electron chi connectivity index (χ4n) is 5.23. The number of aliphatic hydroxyl groups is 1. The number of aliphatic hydroxyl groups excluding tert-OH is 1. The molecule has 0 aromatic heterocycles. The van der Waals surface area contributed by atoms with Gasteiger partial charge in [0.25, 0.3) is 5.91 Å². The lowest BCUT2D eigenvalue weighted by Crippen LogP contribution is -2.35. The third-order valence-corrected chi connectivity index (χ3v) is 7.44. The van der Waals surface area contributed by atoms with E-state index in [1.54, 1.807) is 19.1 Å². The molecule has 4 N–H and O–H groups in total. The summed E-state index contributed by atoms with van der Waals surface area (Å²) in [6.45, 7) is 11.9. The molecule has 0 radical (unpaired) electrons. The Kier molecular flexibility index (Phi) is 12.3. The number of carbonyl (C=O) groups excluding carboxylic acids is 3. The number of carbonyl (C=O) groups is 3. The monoisotopic (exact) mass is 571 g/mol. The van der Waals surface area contributed by atoms with Gasteiger partial charge in [-0.15, -0.1) is 0 Å². The van der Waals surface area contributed by atoms with Gasteiger partial charge >= 0.3 is 5.97 Å². The minimum atomic E-state index is -0.891. The molecule has 9 heteroatoms. The maximum atomic E-state index is 13.0. The standard InChI is InChI=1S/C32H45NO8/c1-17-12-25-24(15-22(6)34)27(36)16-26(30(25)38)33-32(39)19(3)11-9-10-18(2)31(41-23(7)35)21(5)14-20(4)29(37)28(13-17)40-8/h9-11,14,16-18,20,28-29,31,36-38H,12-13,15H2,1-8H3,(H,33,39)/b10-9-,19-11+,21-14+/t17-,18+,20+,28+,29-,31-/m1/s1. The highest BCUT2D eigenvalue weighted by molar-refractivity contribution is 6.04. The van der Waals surface area contributed by atoms with Crippen LogP contribution in [-0.2, 0) is 36.7 Å². The Morgan fingerprint density at radius 3 is 2.34 bits per heavy atom. The van der Waals surface area contributed by atoms with Crippen molar-refractivity contribution in [3.63, 3.8) is 0 Å². The van der Waals surface area contributed by atoms with Gasteiger partial charge in [-0.1, -0.05) is 45.1 Å². The number of anilines is 1. The van der Waals surface area contributed by atoms with Crippen molar-refractivity contribution in [2.75, 3.05) is 12.4 Å². The zero-order valence-electron chi connectivity index (χ0n) is 25.4. The Morgan fingerprint density at radius 2 is 1.76 bits per heavy atom. The van der Waals surface area contributed by atoms with Crippen LogP contribution in [0.3, 0.4) is 0 Å². The highest BCUT2D eigenvalue weighted by Gasteiger charge is 2.29. The molecule has 1 aliphatic rings. The summed E-state index contributed by atoms with van der Waals surface area (Å²) in [4.78, 5) is 36.8. The van der Waals surface area contributed by atoms with E-state index in [9.17, 15) is 29.7 Å². The van der Waals surface area contributed by atoms with Crippen LogP contribution in [0.1, 0.15) is 66.0 Å². The van der Waals surface area contributed by atoms with E-state index in [0.29, 0.717) is 23.1 Å². The smallest absolute Gasteiger partial charge is 0.303 e. The average Bonchev–Trinajstić information content (AvgIpc) is 2.89. The number of allylic oxidation sites excluding steroid dienone is 2. The Balaban J connectivity index is 2.65. The average molecular weight is 572 g/mol. The molecule has 1 aliphatic heterocycles. The van der Waals surface area contributed by atoms with Crippen LogP contribution >= 0.6 is 0 Å². The Morgan fingerprint density at radius 1 is 1.10 bits per heavy atom. The molecule has 41 heavy (non-hydrogen) atoms. The summed E-state index contributed by atoms with van der Waals surface area (Å²) in [7, 11) is 1.52. The Hall–Kier alpha value is -3.43. The second-order valence-corrected chi connectivity index (χ2v) is 11.3. The van der Waals surface area contributed by atoms with Crippen molar-refractivity contribution in [3.8, 4) is 11.5 Å². The fraction of sp³-hybridized carbons (Fsp3) is 0.531. The Labute approximate surface area is 242 Å². The summed E-state index contributed by atoms with van der Waals surface area (Å²) in [6, 6.07) is 1.24. The first-order valence-corrected chi connectivity index (χ1v) is 13.9. The van der Waals surface area contributed by atoms with Crippen LogP contribution in [0.2, 0.25) is 0 Å². The van der Waals surface area contributed by atoms with E-state index in [1.165, 1.54) is 27.0 Å². The molecule has 9 nitrogen and oxygen atoms in total. The van der Waals surface area contributed by atoms with Crippen molar-refractivity contribution in [3.05, 3.63) is 52.6 Å². The van der Waals surface area contributed by atoms with Gasteiger partial charge < -0.3 is 30.1 Å². The van der Waals surface area contributed by atoms with E-state index in [0.717, 1.165) is 5.57 Å². The molecular formula is C32H45NO8. The second kappa shape index (κ2) is 15.0. The molecule has 1 amide bonds. The van der Waals surface area contributed by atoms with Gasteiger partial charge in [0.2, 0.25) is 0 Å². The van der Waals surface area contributed by atoms with Crippen molar-refractivity contribution in [1.82, 2.24) is 0 Å². The molecular weight excluding hydrogens is 526 g/mol. The zero-order valence-corrected chi connectivity index (χ0v) is 25.4. The molecule has 0 saturated heterocycles. The van der Waals surface area contributed by atoms with E-state index in [-0.39, 0.29) is 53.6 Å². The number of amides is 1. The number of benzene rings is 1. The second-order valence-electron chi connectivity index (χ2n) is 11.3. The highest BCUT2D eigenvalue weighted by atomic mass is 16.5. The van der Waals surface area contributed by atoms with E-state index >= 15 is 0 Å². The first kappa shape index (κ1) is 33.8. The van der Waals surface area contributed by atoms with Crippen LogP contribution in [-0.4, -0.2) is 58.4 Å². The topological polar surface area (TPSA) is 142 Å². The van der Waals surface area contributed by atoms with Crippen LogP contribution in [0.5, 0.6) is 11.5 Å². The lowest BCUT2D eigenvalue weighted by Gasteiger charge is -2.29.